The molecule has 5 nitrogen and oxygen atoms in total. The molecule has 23 heavy (non-hydrogen) atoms. The normalized spacial score (nSPS) is 19.5. The predicted octanol–water partition coefficient (Wildman–Crippen LogP) is 3.66. The van der Waals surface area contributed by atoms with Gasteiger partial charge in [0, 0.05) is 19.5 Å². The standard InChI is InChI=1S/C15H17Cl2N3O2S/c1-3-18-15-20(4-2)14(22)11(23-15)8-12(21)19-10-7-5-6-9(16)13(10)17/h5-7,11H,3-4,8H2,1-2H3,(H,19,21). The van der Waals surface area contributed by atoms with Crippen molar-refractivity contribution in [3.05, 3.63) is 28.2 Å². The van der Waals surface area contributed by atoms with Gasteiger partial charge in [-0.2, -0.15) is 0 Å². The van der Waals surface area contributed by atoms with Crippen LogP contribution in [0.25, 0.3) is 0 Å². The summed E-state index contributed by atoms with van der Waals surface area (Å²) in [6, 6.07) is 5.00. The molecule has 1 fully saturated rings. The minimum absolute atomic E-state index is 0.0611. The third kappa shape index (κ3) is 4.19. The van der Waals surface area contributed by atoms with E-state index >= 15 is 0 Å². The number of benzene rings is 1. The zero-order chi connectivity index (χ0) is 17.0. The summed E-state index contributed by atoms with van der Waals surface area (Å²) < 4.78 is 0. The van der Waals surface area contributed by atoms with Crippen LogP contribution in [0, 0.1) is 0 Å². The van der Waals surface area contributed by atoms with Crippen molar-refractivity contribution < 1.29 is 9.59 Å². The number of amidine groups is 1. The van der Waals surface area contributed by atoms with Gasteiger partial charge >= 0.3 is 0 Å². The Labute approximate surface area is 149 Å². The van der Waals surface area contributed by atoms with E-state index in [0.717, 1.165) is 0 Å². The largest absolute Gasteiger partial charge is 0.325 e. The molecule has 1 saturated heterocycles. The number of rotatable bonds is 5. The fourth-order valence-corrected chi connectivity index (χ4v) is 3.77. The average Bonchev–Trinajstić information content (AvgIpc) is 2.79. The van der Waals surface area contributed by atoms with Gasteiger partial charge in [-0.25, -0.2) is 0 Å². The van der Waals surface area contributed by atoms with Crippen molar-refractivity contribution in [1.29, 1.82) is 0 Å². The molecule has 2 amide bonds. The first-order chi connectivity index (χ1) is 11.0. The van der Waals surface area contributed by atoms with Gasteiger partial charge in [0.1, 0.15) is 5.25 Å². The molecular weight excluding hydrogens is 357 g/mol. The van der Waals surface area contributed by atoms with Gasteiger partial charge in [-0.3, -0.25) is 19.5 Å². The van der Waals surface area contributed by atoms with Crippen molar-refractivity contribution in [2.75, 3.05) is 18.4 Å². The lowest BCUT2D eigenvalue weighted by Crippen LogP contribution is -2.33. The second-order valence-corrected chi connectivity index (χ2v) is 6.75. The summed E-state index contributed by atoms with van der Waals surface area (Å²) in [5.41, 5.74) is 0.439. The van der Waals surface area contributed by atoms with Crippen LogP contribution in [0.3, 0.4) is 0 Å². The number of hydrogen-bond acceptors (Lipinski definition) is 4. The predicted molar refractivity (Wildman–Crippen MR) is 96.5 cm³/mol. The third-order valence-electron chi connectivity index (χ3n) is 3.23. The van der Waals surface area contributed by atoms with E-state index in [4.69, 9.17) is 23.2 Å². The van der Waals surface area contributed by atoms with Crippen molar-refractivity contribution >= 4 is 57.6 Å². The molecule has 0 spiro atoms. The Morgan fingerprint density at radius 1 is 1.39 bits per heavy atom. The summed E-state index contributed by atoms with van der Waals surface area (Å²) in [6.45, 7) is 4.94. The Bertz CT molecular complexity index is 652. The quantitative estimate of drug-likeness (QED) is 0.856. The van der Waals surface area contributed by atoms with E-state index in [1.54, 1.807) is 23.1 Å². The first-order valence-corrected chi connectivity index (χ1v) is 8.87. The summed E-state index contributed by atoms with van der Waals surface area (Å²) in [5, 5.41) is 3.57. The van der Waals surface area contributed by atoms with E-state index in [1.165, 1.54) is 11.8 Å². The van der Waals surface area contributed by atoms with E-state index in [-0.39, 0.29) is 23.3 Å². The fraction of sp³-hybridized carbons (Fsp3) is 0.400. The number of nitrogens with one attached hydrogen (secondary N) is 1. The molecular formula is C15H17Cl2N3O2S. The molecule has 1 atom stereocenters. The summed E-state index contributed by atoms with van der Waals surface area (Å²) in [6.07, 6.45) is 0.0611. The van der Waals surface area contributed by atoms with E-state index < -0.39 is 5.25 Å². The molecule has 0 aromatic heterocycles. The monoisotopic (exact) mass is 373 g/mol. The van der Waals surface area contributed by atoms with Crippen molar-refractivity contribution in [1.82, 2.24) is 4.90 Å². The van der Waals surface area contributed by atoms with Crippen LogP contribution < -0.4 is 5.32 Å². The fourth-order valence-electron chi connectivity index (χ4n) is 2.16. The summed E-state index contributed by atoms with van der Waals surface area (Å²) in [5.74, 6) is -0.370. The second-order valence-electron chi connectivity index (χ2n) is 4.80. The summed E-state index contributed by atoms with van der Waals surface area (Å²) >= 11 is 13.3. The van der Waals surface area contributed by atoms with Crippen molar-refractivity contribution in [2.45, 2.75) is 25.5 Å². The Balaban J connectivity index is 2.04. The molecule has 0 bridgehead atoms. The molecule has 1 aliphatic rings. The SMILES string of the molecule is CCN=C1SC(CC(=O)Nc2cccc(Cl)c2Cl)C(=O)N1CC. The lowest BCUT2D eigenvalue weighted by atomic mass is 10.2. The van der Waals surface area contributed by atoms with Gasteiger partial charge in [0.2, 0.25) is 11.8 Å². The molecule has 1 heterocycles. The van der Waals surface area contributed by atoms with Crippen LogP contribution in [0.5, 0.6) is 0 Å². The molecule has 1 aliphatic heterocycles. The minimum atomic E-state index is -0.460. The highest BCUT2D eigenvalue weighted by Crippen LogP contribution is 2.32. The van der Waals surface area contributed by atoms with Crippen LogP contribution in [0.1, 0.15) is 20.3 Å². The summed E-state index contributed by atoms with van der Waals surface area (Å²) in [7, 11) is 0. The molecule has 1 N–H and O–H groups in total. The maximum atomic E-state index is 12.3. The van der Waals surface area contributed by atoms with Gasteiger partial charge in [-0.15, -0.1) is 0 Å². The van der Waals surface area contributed by atoms with E-state index in [0.29, 0.717) is 29.0 Å². The number of amides is 2. The van der Waals surface area contributed by atoms with Crippen LogP contribution in [-0.4, -0.2) is 40.2 Å². The highest BCUT2D eigenvalue weighted by atomic mass is 35.5. The van der Waals surface area contributed by atoms with Crippen molar-refractivity contribution in [3.63, 3.8) is 0 Å². The van der Waals surface area contributed by atoms with Crippen molar-refractivity contribution in [3.8, 4) is 0 Å². The van der Waals surface area contributed by atoms with E-state index in [1.807, 2.05) is 13.8 Å². The molecule has 1 unspecified atom stereocenters. The second kappa shape index (κ2) is 8.04. The van der Waals surface area contributed by atoms with Crippen LogP contribution in [0.15, 0.2) is 23.2 Å². The first-order valence-electron chi connectivity index (χ1n) is 7.24. The highest BCUT2D eigenvalue weighted by Gasteiger charge is 2.38. The first kappa shape index (κ1) is 18.1. The van der Waals surface area contributed by atoms with Gasteiger partial charge in [0.25, 0.3) is 0 Å². The number of nitrogens with zero attached hydrogens (tertiary/aromatic N) is 2. The Morgan fingerprint density at radius 3 is 2.78 bits per heavy atom. The van der Waals surface area contributed by atoms with Crippen molar-refractivity contribution in [2.24, 2.45) is 4.99 Å². The lowest BCUT2D eigenvalue weighted by Gasteiger charge is -2.13. The Morgan fingerprint density at radius 2 is 2.13 bits per heavy atom. The Hall–Kier alpha value is -1.24. The van der Waals surface area contributed by atoms with Gasteiger partial charge in [-0.05, 0) is 26.0 Å². The number of hydrogen-bond donors (Lipinski definition) is 1. The van der Waals surface area contributed by atoms with E-state index in [2.05, 4.69) is 10.3 Å². The minimum Gasteiger partial charge on any atom is -0.325 e. The zero-order valence-corrected chi connectivity index (χ0v) is 15.1. The number of carbonyl (C=O) groups excluding carboxylic acids is 2. The average molecular weight is 374 g/mol. The molecule has 2 rings (SSSR count). The molecule has 0 aliphatic carbocycles. The van der Waals surface area contributed by atoms with Gasteiger partial charge in [0.05, 0.1) is 15.7 Å². The number of carbonyl (C=O) groups is 2. The van der Waals surface area contributed by atoms with Crippen LogP contribution in [0.2, 0.25) is 10.0 Å². The molecule has 8 heteroatoms. The molecule has 0 saturated carbocycles. The van der Waals surface area contributed by atoms with Gasteiger partial charge < -0.3 is 5.32 Å². The molecule has 0 radical (unpaired) electrons. The maximum Gasteiger partial charge on any atom is 0.242 e. The number of anilines is 1. The van der Waals surface area contributed by atoms with Gasteiger partial charge in [-0.1, -0.05) is 41.0 Å². The zero-order valence-electron chi connectivity index (χ0n) is 12.8. The smallest absolute Gasteiger partial charge is 0.242 e. The van der Waals surface area contributed by atoms with Crippen LogP contribution in [-0.2, 0) is 9.59 Å². The number of thioether (sulfide) groups is 1. The van der Waals surface area contributed by atoms with Gasteiger partial charge in [0.15, 0.2) is 5.17 Å². The summed E-state index contributed by atoms with van der Waals surface area (Å²) in [4.78, 5) is 30.4. The highest BCUT2D eigenvalue weighted by molar-refractivity contribution is 8.15. The van der Waals surface area contributed by atoms with Crippen LogP contribution >= 0.6 is 35.0 Å². The molecule has 124 valence electrons. The number of aliphatic imine (C=N–C) groups is 1. The molecule has 1 aromatic rings. The molecule has 1 aromatic carbocycles. The maximum absolute atomic E-state index is 12.3. The topological polar surface area (TPSA) is 61.8 Å². The Kier molecular flexibility index (Phi) is 6.33. The van der Waals surface area contributed by atoms with Crippen LogP contribution in [0.4, 0.5) is 5.69 Å². The number of halogens is 2. The van der Waals surface area contributed by atoms with E-state index in [9.17, 15) is 9.59 Å². The third-order valence-corrected chi connectivity index (χ3v) is 5.26. The lowest BCUT2D eigenvalue weighted by molar-refractivity contribution is -0.128.